The lowest BCUT2D eigenvalue weighted by molar-refractivity contribution is -0.136. The maximum absolute atomic E-state index is 12.1. The summed E-state index contributed by atoms with van der Waals surface area (Å²) in [5.74, 6) is -1.50. The Morgan fingerprint density at radius 1 is 1.00 bits per heavy atom. The van der Waals surface area contributed by atoms with Gasteiger partial charge in [-0.05, 0) is 17.7 Å². The molecular weight excluding hydrogens is 329 g/mol. The normalized spacial score (nSPS) is 20.6. The summed E-state index contributed by atoms with van der Waals surface area (Å²) in [6.07, 6.45) is 0. The van der Waals surface area contributed by atoms with Gasteiger partial charge in [0.25, 0.3) is 0 Å². The lowest BCUT2D eigenvalue weighted by Crippen LogP contribution is -2.27. The van der Waals surface area contributed by atoms with Crippen LogP contribution >= 0.6 is 23.2 Å². The van der Waals surface area contributed by atoms with Gasteiger partial charge in [0.05, 0.1) is 28.5 Å². The summed E-state index contributed by atoms with van der Waals surface area (Å²) in [5.41, 5.74) is 2.74. The molecule has 3 heterocycles. The molecule has 0 radical (unpaired) electrons. The monoisotopic (exact) mass is 337 g/mol. The van der Waals surface area contributed by atoms with Gasteiger partial charge in [0.2, 0.25) is 0 Å². The molecular formula is C15H9Cl2NO4. The maximum Gasteiger partial charge on any atom is 0.337 e. The van der Waals surface area contributed by atoms with E-state index in [9.17, 15) is 9.59 Å². The van der Waals surface area contributed by atoms with Gasteiger partial charge in [-0.1, -0.05) is 29.3 Å². The third-order valence-electron chi connectivity index (χ3n) is 3.94. The van der Waals surface area contributed by atoms with Crippen LogP contribution in [0.3, 0.4) is 0 Å². The molecule has 0 spiro atoms. The summed E-state index contributed by atoms with van der Waals surface area (Å²) in [6, 6.07) is 4.97. The summed E-state index contributed by atoms with van der Waals surface area (Å²) >= 11 is 12.2. The van der Waals surface area contributed by atoms with E-state index >= 15 is 0 Å². The molecule has 112 valence electrons. The van der Waals surface area contributed by atoms with Crippen LogP contribution in [0.25, 0.3) is 0 Å². The highest BCUT2D eigenvalue weighted by Crippen LogP contribution is 2.45. The number of esters is 2. The number of benzene rings is 1. The molecule has 0 unspecified atom stereocenters. The van der Waals surface area contributed by atoms with Gasteiger partial charge in [-0.25, -0.2) is 9.59 Å². The summed E-state index contributed by atoms with van der Waals surface area (Å²) in [7, 11) is 0. The predicted octanol–water partition coefficient (Wildman–Crippen LogP) is 2.30. The van der Waals surface area contributed by atoms with Gasteiger partial charge in [0.15, 0.2) is 0 Å². The number of halogens is 2. The standard InChI is InChI=1S/C15H9Cl2NO4/c16-6-1-2-7(8(17)3-6)11-12-9(4-21-14(12)19)18-10-5-22-15(20)13(10)11/h1-3,11,18H,4-5H2. The molecule has 0 atom stereocenters. The number of hydrogen-bond donors (Lipinski definition) is 1. The van der Waals surface area contributed by atoms with E-state index in [0.29, 0.717) is 38.1 Å². The van der Waals surface area contributed by atoms with Crippen molar-refractivity contribution in [2.45, 2.75) is 5.92 Å². The molecule has 0 fully saturated rings. The Bertz CT molecular complexity index is 757. The van der Waals surface area contributed by atoms with Crippen LogP contribution in [0.15, 0.2) is 40.7 Å². The van der Waals surface area contributed by atoms with Crippen LogP contribution in [0, 0.1) is 0 Å². The van der Waals surface area contributed by atoms with Gasteiger partial charge in [-0.2, -0.15) is 0 Å². The fourth-order valence-corrected chi connectivity index (χ4v) is 3.51. The minimum Gasteiger partial charge on any atom is -0.456 e. The van der Waals surface area contributed by atoms with Gasteiger partial charge in [-0.15, -0.1) is 0 Å². The zero-order valence-electron chi connectivity index (χ0n) is 11.1. The molecule has 22 heavy (non-hydrogen) atoms. The Labute approximate surface area is 135 Å². The van der Waals surface area contributed by atoms with Crippen LogP contribution in [0.1, 0.15) is 11.5 Å². The molecule has 0 aromatic heterocycles. The maximum atomic E-state index is 12.1. The van der Waals surface area contributed by atoms with E-state index < -0.39 is 17.9 Å². The molecule has 3 aliphatic heterocycles. The molecule has 3 aliphatic rings. The highest BCUT2D eigenvalue weighted by atomic mass is 35.5. The van der Waals surface area contributed by atoms with Gasteiger partial charge < -0.3 is 14.8 Å². The molecule has 1 aromatic carbocycles. The molecule has 0 bridgehead atoms. The quantitative estimate of drug-likeness (QED) is 0.796. The average Bonchev–Trinajstić information content (AvgIpc) is 3.02. The number of carbonyl (C=O) groups excluding carboxylic acids is 2. The molecule has 5 nitrogen and oxygen atoms in total. The van der Waals surface area contributed by atoms with Crippen molar-refractivity contribution < 1.29 is 19.1 Å². The van der Waals surface area contributed by atoms with Crippen molar-refractivity contribution in [3.8, 4) is 0 Å². The number of ether oxygens (including phenoxy) is 2. The molecule has 0 amide bonds. The van der Waals surface area contributed by atoms with E-state index in [1.807, 2.05) is 0 Å². The van der Waals surface area contributed by atoms with Gasteiger partial charge >= 0.3 is 11.9 Å². The first kappa shape index (κ1) is 13.7. The first-order chi connectivity index (χ1) is 10.6. The second kappa shape index (κ2) is 4.76. The molecule has 7 heteroatoms. The summed E-state index contributed by atoms with van der Waals surface area (Å²) in [4.78, 5) is 24.2. The van der Waals surface area contributed by atoms with Crippen molar-refractivity contribution >= 4 is 35.1 Å². The van der Waals surface area contributed by atoms with Gasteiger partial charge in [0.1, 0.15) is 13.2 Å². The van der Waals surface area contributed by atoms with Crippen molar-refractivity contribution in [3.05, 3.63) is 56.3 Å². The van der Waals surface area contributed by atoms with Gasteiger partial charge in [0, 0.05) is 10.0 Å². The van der Waals surface area contributed by atoms with E-state index in [-0.39, 0.29) is 13.2 Å². The largest absolute Gasteiger partial charge is 0.456 e. The van der Waals surface area contributed by atoms with Crippen LogP contribution in [-0.4, -0.2) is 25.2 Å². The second-order valence-electron chi connectivity index (χ2n) is 5.16. The van der Waals surface area contributed by atoms with E-state index in [1.54, 1.807) is 18.2 Å². The van der Waals surface area contributed by atoms with Crippen molar-refractivity contribution in [1.82, 2.24) is 5.32 Å². The van der Waals surface area contributed by atoms with E-state index in [0.717, 1.165) is 0 Å². The number of cyclic esters (lactones) is 2. The number of dihydropyridines is 1. The van der Waals surface area contributed by atoms with Crippen molar-refractivity contribution in [1.29, 1.82) is 0 Å². The van der Waals surface area contributed by atoms with Crippen LogP contribution < -0.4 is 5.32 Å². The van der Waals surface area contributed by atoms with Crippen LogP contribution in [0.5, 0.6) is 0 Å². The Kier molecular flexibility index (Phi) is 2.96. The Morgan fingerprint density at radius 3 is 2.14 bits per heavy atom. The minimum absolute atomic E-state index is 0.154. The first-order valence-electron chi connectivity index (χ1n) is 6.58. The highest BCUT2D eigenvalue weighted by molar-refractivity contribution is 6.35. The molecule has 1 N–H and O–H groups in total. The zero-order valence-corrected chi connectivity index (χ0v) is 12.6. The van der Waals surface area contributed by atoms with E-state index in [4.69, 9.17) is 32.7 Å². The SMILES string of the molecule is O=C1OCC2=C1C(c1ccc(Cl)cc1Cl)C1=C(COC1=O)N2. The Hall–Kier alpha value is -1.98. The summed E-state index contributed by atoms with van der Waals surface area (Å²) < 4.78 is 10.2. The Morgan fingerprint density at radius 2 is 1.59 bits per heavy atom. The highest BCUT2D eigenvalue weighted by Gasteiger charge is 2.45. The van der Waals surface area contributed by atoms with Crippen molar-refractivity contribution in [2.75, 3.05) is 13.2 Å². The fourth-order valence-electron chi connectivity index (χ4n) is 3.00. The molecule has 1 aromatic rings. The molecule has 4 rings (SSSR count). The predicted molar refractivity (Wildman–Crippen MR) is 78.3 cm³/mol. The van der Waals surface area contributed by atoms with Crippen molar-refractivity contribution in [2.24, 2.45) is 0 Å². The Balaban J connectivity index is 1.93. The topological polar surface area (TPSA) is 64.6 Å². The van der Waals surface area contributed by atoms with Crippen LogP contribution in [-0.2, 0) is 19.1 Å². The minimum atomic E-state index is -0.596. The first-order valence-corrected chi connectivity index (χ1v) is 7.34. The smallest absolute Gasteiger partial charge is 0.337 e. The lowest BCUT2D eigenvalue weighted by Gasteiger charge is -2.24. The van der Waals surface area contributed by atoms with Gasteiger partial charge in [-0.3, -0.25) is 0 Å². The molecule has 0 saturated heterocycles. The number of nitrogens with one attached hydrogen (secondary N) is 1. The third kappa shape index (κ3) is 1.86. The second-order valence-corrected chi connectivity index (χ2v) is 6.00. The third-order valence-corrected chi connectivity index (χ3v) is 4.50. The van der Waals surface area contributed by atoms with E-state index in [1.165, 1.54) is 0 Å². The molecule has 0 aliphatic carbocycles. The zero-order chi connectivity index (χ0) is 15.4. The lowest BCUT2D eigenvalue weighted by atomic mass is 9.81. The number of rotatable bonds is 1. The van der Waals surface area contributed by atoms with E-state index in [2.05, 4.69) is 5.32 Å². The number of carbonyl (C=O) groups is 2. The number of hydrogen-bond acceptors (Lipinski definition) is 5. The van der Waals surface area contributed by atoms with Crippen LogP contribution in [0.4, 0.5) is 0 Å². The summed E-state index contributed by atoms with van der Waals surface area (Å²) in [6.45, 7) is 0.307. The average molecular weight is 338 g/mol. The van der Waals surface area contributed by atoms with Crippen LogP contribution in [0.2, 0.25) is 10.0 Å². The van der Waals surface area contributed by atoms with Crippen molar-refractivity contribution in [3.63, 3.8) is 0 Å². The fraction of sp³-hybridized carbons (Fsp3) is 0.200. The molecule has 0 saturated carbocycles. The summed E-state index contributed by atoms with van der Waals surface area (Å²) in [5, 5.41) is 3.93.